The molecule has 21 heavy (non-hydrogen) atoms. The van der Waals surface area contributed by atoms with Crippen LogP contribution in [0.4, 0.5) is 5.82 Å². The number of halogens is 1. The smallest absolute Gasteiger partial charge is 0.341 e. The van der Waals surface area contributed by atoms with Crippen LogP contribution in [-0.4, -0.2) is 20.9 Å². The summed E-state index contributed by atoms with van der Waals surface area (Å²) in [6, 6.07) is 10.3. The van der Waals surface area contributed by atoms with Crippen LogP contribution in [0.15, 0.2) is 30.3 Å². The molecule has 1 aromatic carbocycles. The van der Waals surface area contributed by atoms with Crippen molar-refractivity contribution in [2.75, 3.05) is 5.73 Å². The van der Waals surface area contributed by atoms with Gasteiger partial charge in [-0.15, -0.1) is 12.4 Å². The summed E-state index contributed by atoms with van der Waals surface area (Å²) in [4.78, 5) is 11.3. The standard InChI is InChI=1S/C15H17N3O2.ClH/c1-18-14(16)12(15(19)20)13(17-18)11-7-10(8-11)9-5-3-2-4-6-9;/h2-6,10-11H,7-8,16H2,1H3,(H,19,20);1H. The number of carboxylic acids is 1. The summed E-state index contributed by atoms with van der Waals surface area (Å²) in [5, 5.41) is 13.6. The van der Waals surface area contributed by atoms with Crippen molar-refractivity contribution in [3.8, 4) is 0 Å². The fourth-order valence-electron chi connectivity index (χ4n) is 2.90. The minimum Gasteiger partial charge on any atom is -0.477 e. The number of aromatic carboxylic acids is 1. The number of hydrogen-bond acceptors (Lipinski definition) is 3. The number of rotatable bonds is 3. The molecule has 0 bridgehead atoms. The predicted octanol–water partition coefficient (Wildman–Crippen LogP) is 2.78. The summed E-state index contributed by atoms with van der Waals surface area (Å²) in [7, 11) is 1.68. The molecule has 0 radical (unpaired) electrons. The van der Waals surface area contributed by atoms with Gasteiger partial charge < -0.3 is 10.8 Å². The Labute approximate surface area is 129 Å². The first-order valence-corrected chi connectivity index (χ1v) is 6.68. The number of carbonyl (C=O) groups is 1. The van der Waals surface area contributed by atoms with Crippen LogP contribution in [0.3, 0.4) is 0 Å². The van der Waals surface area contributed by atoms with Crippen LogP contribution >= 0.6 is 12.4 Å². The lowest BCUT2D eigenvalue weighted by Gasteiger charge is -2.35. The topological polar surface area (TPSA) is 81.1 Å². The molecule has 1 aromatic heterocycles. The molecule has 0 amide bonds. The largest absolute Gasteiger partial charge is 0.477 e. The van der Waals surface area contributed by atoms with Crippen molar-refractivity contribution in [1.29, 1.82) is 0 Å². The number of hydrogen-bond donors (Lipinski definition) is 2. The maximum atomic E-state index is 11.3. The Bertz CT molecular complexity index is 648. The van der Waals surface area contributed by atoms with E-state index in [0.717, 1.165) is 12.8 Å². The van der Waals surface area contributed by atoms with E-state index in [4.69, 9.17) is 5.73 Å². The third kappa shape index (κ3) is 2.61. The molecular formula is C15H18ClN3O2. The maximum absolute atomic E-state index is 11.3. The number of aryl methyl sites for hydroxylation is 1. The molecule has 0 atom stereocenters. The van der Waals surface area contributed by atoms with Gasteiger partial charge in [0, 0.05) is 13.0 Å². The molecule has 2 aromatic rings. The van der Waals surface area contributed by atoms with Crippen LogP contribution in [0.1, 0.15) is 46.3 Å². The van der Waals surface area contributed by atoms with Crippen LogP contribution in [0.2, 0.25) is 0 Å². The molecule has 0 aliphatic heterocycles. The van der Waals surface area contributed by atoms with Gasteiger partial charge in [-0.3, -0.25) is 4.68 Å². The van der Waals surface area contributed by atoms with Crippen LogP contribution < -0.4 is 5.73 Å². The number of benzene rings is 1. The molecule has 0 spiro atoms. The lowest BCUT2D eigenvalue weighted by atomic mass is 9.69. The van der Waals surface area contributed by atoms with Gasteiger partial charge in [0.25, 0.3) is 0 Å². The zero-order valence-electron chi connectivity index (χ0n) is 11.7. The van der Waals surface area contributed by atoms with Gasteiger partial charge in [0.1, 0.15) is 11.4 Å². The van der Waals surface area contributed by atoms with Gasteiger partial charge in [-0.2, -0.15) is 5.10 Å². The molecule has 112 valence electrons. The van der Waals surface area contributed by atoms with Crippen molar-refractivity contribution in [3.05, 3.63) is 47.2 Å². The number of anilines is 1. The highest BCUT2D eigenvalue weighted by Crippen LogP contribution is 2.48. The molecule has 1 saturated carbocycles. The van der Waals surface area contributed by atoms with Gasteiger partial charge in [0.05, 0.1) is 5.69 Å². The van der Waals surface area contributed by atoms with Gasteiger partial charge >= 0.3 is 5.97 Å². The Hall–Kier alpha value is -2.01. The van der Waals surface area contributed by atoms with E-state index < -0.39 is 5.97 Å². The van der Waals surface area contributed by atoms with Crippen LogP contribution in [-0.2, 0) is 7.05 Å². The lowest BCUT2D eigenvalue weighted by Crippen LogP contribution is -2.22. The summed E-state index contributed by atoms with van der Waals surface area (Å²) in [5.74, 6) is -0.0784. The van der Waals surface area contributed by atoms with E-state index in [1.807, 2.05) is 18.2 Å². The van der Waals surface area contributed by atoms with E-state index in [1.54, 1.807) is 7.05 Å². The van der Waals surface area contributed by atoms with Crippen molar-refractivity contribution >= 4 is 24.2 Å². The number of nitrogens with two attached hydrogens (primary N) is 1. The van der Waals surface area contributed by atoms with Crippen LogP contribution in [0.25, 0.3) is 0 Å². The van der Waals surface area contributed by atoms with Crippen molar-refractivity contribution in [2.45, 2.75) is 24.7 Å². The molecule has 3 N–H and O–H groups in total. The highest BCUT2D eigenvalue weighted by atomic mass is 35.5. The fourth-order valence-corrected chi connectivity index (χ4v) is 2.90. The zero-order valence-corrected chi connectivity index (χ0v) is 12.5. The van der Waals surface area contributed by atoms with Crippen molar-refractivity contribution in [2.24, 2.45) is 7.05 Å². The number of nitrogen functional groups attached to an aromatic ring is 1. The van der Waals surface area contributed by atoms with Gasteiger partial charge in [0.15, 0.2) is 0 Å². The number of nitrogens with zero attached hydrogens (tertiary/aromatic N) is 2. The van der Waals surface area contributed by atoms with Crippen molar-refractivity contribution < 1.29 is 9.90 Å². The maximum Gasteiger partial charge on any atom is 0.341 e. The van der Waals surface area contributed by atoms with E-state index in [2.05, 4.69) is 17.2 Å². The summed E-state index contributed by atoms with van der Waals surface area (Å²) in [5.41, 5.74) is 7.90. The number of carboxylic acid groups (broad SMARTS) is 1. The van der Waals surface area contributed by atoms with Gasteiger partial charge in [0.2, 0.25) is 0 Å². The van der Waals surface area contributed by atoms with E-state index in [0.29, 0.717) is 11.6 Å². The molecule has 6 heteroatoms. The molecule has 1 heterocycles. The summed E-state index contributed by atoms with van der Waals surface area (Å²) >= 11 is 0. The third-order valence-electron chi connectivity index (χ3n) is 4.13. The molecule has 3 rings (SSSR count). The summed E-state index contributed by atoms with van der Waals surface area (Å²) in [6.45, 7) is 0. The normalized spacial score (nSPS) is 20.4. The summed E-state index contributed by atoms with van der Waals surface area (Å²) in [6.07, 6.45) is 1.86. The molecule has 1 aliphatic carbocycles. The van der Waals surface area contributed by atoms with Crippen LogP contribution in [0.5, 0.6) is 0 Å². The first-order valence-electron chi connectivity index (χ1n) is 6.68. The monoisotopic (exact) mass is 307 g/mol. The first-order chi connectivity index (χ1) is 9.58. The van der Waals surface area contributed by atoms with Crippen molar-refractivity contribution in [1.82, 2.24) is 9.78 Å². The van der Waals surface area contributed by atoms with Crippen LogP contribution in [0, 0.1) is 0 Å². The molecular weight excluding hydrogens is 290 g/mol. The highest BCUT2D eigenvalue weighted by molar-refractivity contribution is 5.94. The Morgan fingerprint density at radius 3 is 2.48 bits per heavy atom. The average molecular weight is 308 g/mol. The fraction of sp³-hybridized carbons (Fsp3) is 0.333. The molecule has 1 fully saturated rings. The van der Waals surface area contributed by atoms with E-state index >= 15 is 0 Å². The Kier molecular flexibility index (Phi) is 4.23. The van der Waals surface area contributed by atoms with E-state index in [1.165, 1.54) is 10.2 Å². The Balaban J connectivity index is 0.00000161. The first kappa shape index (κ1) is 15.4. The molecule has 0 unspecified atom stereocenters. The predicted molar refractivity (Wildman–Crippen MR) is 83.0 cm³/mol. The lowest BCUT2D eigenvalue weighted by molar-refractivity contribution is 0.0695. The second-order valence-electron chi connectivity index (χ2n) is 5.35. The minimum absolute atomic E-state index is 0. The summed E-state index contributed by atoms with van der Waals surface area (Å²) < 4.78 is 1.45. The molecule has 5 nitrogen and oxygen atoms in total. The number of aromatic nitrogens is 2. The van der Waals surface area contributed by atoms with Gasteiger partial charge in [-0.25, -0.2) is 4.79 Å². The highest BCUT2D eigenvalue weighted by Gasteiger charge is 2.36. The second-order valence-corrected chi connectivity index (χ2v) is 5.35. The second kappa shape index (κ2) is 5.77. The average Bonchev–Trinajstić information content (AvgIpc) is 2.65. The Morgan fingerprint density at radius 1 is 1.29 bits per heavy atom. The zero-order chi connectivity index (χ0) is 14.3. The Morgan fingerprint density at radius 2 is 1.90 bits per heavy atom. The van der Waals surface area contributed by atoms with Gasteiger partial charge in [-0.05, 0) is 24.3 Å². The third-order valence-corrected chi connectivity index (χ3v) is 4.13. The van der Waals surface area contributed by atoms with E-state index in [-0.39, 0.29) is 29.7 Å². The minimum atomic E-state index is -0.992. The molecule has 0 saturated heterocycles. The SMILES string of the molecule is Cl.Cn1nc(C2CC(c3ccccc3)C2)c(C(=O)O)c1N. The molecule has 1 aliphatic rings. The quantitative estimate of drug-likeness (QED) is 0.913. The van der Waals surface area contributed by atoms with E-state index in [9.17, 15) is 9.90 Å². The van der Waals surface area contributed by atoms with Gasteiger partial charge in [-0.1, -0.05) is 30.3 Å². The van der Waals surface area contributed by atoms with Crippen molar-refractivity contribution in [3.63, 3.8) is 0 Å².